The molecule has 0 aliphatic carbocycles. The largest absolute Gasteiger partial charge is 0.549 e. The number of hydrogen-bond donors (Lipinski definition) is 2. The minimum atomic E-state index is -1.45. The lowest BCUT2D eigenvalue weighted by molar-refractivity contribution is -0.310. The Bertz CT molecular complexity index is 194. The SMILES string of the molecule is NC(=S)NN(CC(=O)[O-])CC(=O)[O-]. The fraction of sp³-hybridized carbons (Fsp3) is 0.400. The molecule has 0 amide bonds. The molecule has 0 saturated heterocycles. The number of rotatable bonds is 5. The number of aliphatic carboxylic acids is 2. The van der Waals surface area contributed by atoms with E-state index in [-0.39, 0.29) is 5.11 Å². The van der Waals surface area contributed by atoms with Crippen molar-refractivity contribution in [3.05, 3.63) is 0 Å². The van der Waals surface area contributed by atoms with Crippen LogP contribution < -0.4 is 21.4 Å². The van der Waals surface area contributed by atoms with Crippen molar-refractivity contribution < 1.29 is 19.8 Å². The van der Waals surface area contributed by atoms with Crippen molar-refractivity contribution in [2.75, 3.05) is 13.1 Å². The van der Waals surface area contributed by atoms with E-state index in [1.54, 1.807) is 0 Å². The van der Waals surface area contributed by atoms with Gasteiger partial charge in [-0.3, -0.25) is 5.43 Å². The number of carbonyl (C=O) groups is 2. The molecular weight excluding hydrogens is 198 g/mol. The van der Waals surface area contributed by atoms with Crippen molar-refractivity contribution in [3.8, 4) is 0 Å². The molecule has 0 spiro atoms. The molecule has 0 atom stereocenters. The Labute approximate surface area is 79.1 Å². The van der Waals surface area contributed by atoms with E-state index < -0.39 is 25.0 Å². The van der Waals surface area contributed by atoms with Gasteiger partial charge in [-0.2, -0.15) is 0 Å². The predicted molar refractivity (Wildman–Crippen MR) is 41.5 cm³/mol. The second kappa shape index (κ2) is 5.27. The first-order valence-electron chi connectivity index (χ1n) is 3.12. The maximum Gasteiger partial charge on any atom is 0.178 e. The Morgan fingerprint density at radius 2 is 1.69 bits per heavy atom. The highest BCUT2D eigenvalue weighted by atomic mass is 32.1. The van der Waals surface area contributed by atoms with Crippen molar-refractivity contribution in [2.24, 2.45) is 5.73 Å². The van der Waals surface area contributed by atoms with Crippen LogP contribution in [0.3, 0.4) is 0 Å². The molecule has 0 saturated carbocycles. The first-order chi connectivity index (χ1) is 5.91. The highest BCUT2D eigenvalue weighted by Crippen LogP contribution is 1.79. The Morgan fingerprint density at radius 1 is 1.31 bits per heavy atom. The van der Waals surface area contributed by atoms with E-state index in [0.29, 0.717) is 0 Å². The molecular formula is C5H7N3O4S-2. The average molecular weight is 205 g/mol. The van der Waals surface area contributed by atoms with E-state index in [1.807, 2.05) is 0 Å². The van der Waals surface area contributed by atoms with Crippen LogP contribution in [0.15, 0.2) is 0 Å². The lowest BCUT2D eigenvalue weighted by atomic mass is 10.5. The normalized spacial score (nSPS) is 9.62. The van der Waals surface area contributed by atoms with Gasteiger partial charge in [0, 0.05) is 0 Å². The Kier molecular flexibility index (Phi) is 4.70. The van der Waals surface area contributed by atoms with Crippen LogP contribution in [0.25, 0.3) is 0 Å². The first kappa shape index (κ1) is 11.6. The zero-order valence-corrected chi connectivity index (χ0v) is 7.30. The summed E-state index contributed by atoms with van der Waals surface area (Å²) in [5.41, 5.74) is 7.14. The summed E-state index contributed by atoms with van der Waals surface area (Å²) < 4.78 is 0. The molecule has 8 heteroatoms. The molecule has 0 radical (unpaired) electrons. The molecule has 74 valence electrons. The predicted octanol–water partition coefficient (Wildman–Crippen LogP) is -4.46. The molecule has 0 aromatic rings. The summed E-state index contributed by atoms with van der Waals surface area (Å²) in [4.78, 5) is 20.2. The van der Waals surface area contributed by atoms with Gasteiger partial charge in [0.2, 0.25) is 0 Å². The standard InChI is InChI=1S/C5H9N3O4S/c6-5(13)7-8(1-3(9)10)2-4(11)12/h1-2H2,(H,9,10)(H,11,12)(H3,6,7,13)/p-2. The summed E-state index contributed by atoms with van der Waals surface area (Å²) >= 11 is 4.38. The van der Waals surface area contributed by atoms with Crippen LogP contribution in [-0.4, -0.2) is 35.1 Å². The molecule has 0 aliphatic heterocycles. The number of hydrazine groups is 1. The van der Waals surface area contributed by atoms with Gasteiger partial charge in [-0.25, -0.2) is 5.01 Å². The summed E-state index contributed by atoms with van der Waals surface area (Å²) in [6.45, 7) is -1.30. The van der Waals surface area contributed by atoms with Gasteiger partial charge in [-0.15, -0.1) is 0 Å². The second-order valence-corrected chi connectivity index (χ2v) is 2.52. The fourth-order valence-electron chi connectivity index (χ4n) is 0.602. The molecule has 0 rings (SSSR count). The Morgan fingerprint density at radius 3 is 1.92 bits per heavy atom. The van der Waals surface area contributed by atoms with Gasteiger partial charge in [-0.05, 0) is 12.2 Å². The van der Waals surface area contributed by atoms with Gasteiger partial charge in [0.15, 0.2) is 5.11 Å². The molecule has 0 bridgehead atoms. The highest BCUT2D eigenvalue weighted by molar-refractivity contribution is 7.80. The number of hydrogen-bond acceptors (Lipinski definition) is 6. The topological polar surface area (TPSA) is 122 Å². The van der Waals surface area contributed by atoms with Crippen molar-refractivity contribution in [3.63, 3.8) is 0 Å². The molecule has 0 fully saturated rings. The molecule has 0 aromatic heterocycles. The van der Waals surface area contributed by atoms with Crippen LogP contribution in [0.4, 0.5) is 0 Å². The summed E-state index contributed by atoms with van der Waals surface area (Å²) in [5, 5.41) is 20.7. The molecule has 7 nitrogen and oxygen atoms in total. The highest BCUT2D eigenvalue weighted by Gasteiger charge is 2.04. The minimum Gasteiger partial charge on any atom is -0.549 e. The quantitative estimate of drug-likeness (QED) is 0.340. The second-order valence-electron chi connectivity index (χ2n) is 2.08. The van der Waals surface area contributed by atoms with Gasteiger partial charge >= 0.3 is 0 Å². The molecule has 0 heterocycles. The van der Waals surface area contributed by atoms with E-state index >= 15 is 0 Å². The summed E-state index contributed by atoms with van der Waals surface area (Å²) in [5.74, 6) is -2.91. The monoisotopic (exact) mass is 205 g/mol. The number of carboxylic acid groups (broad SMARTS) is 2. The molecule has 3 N–H and O–H groups in total. The van der Waals surface area contributed by atoms with Gasteiger partial charge in [0.25, 0.3) is 0 Å². The molecule has 0 aromatic carbocycles. The number of nitrogens with two attached hydrogens (primary N) is 1. The number of carbonyl (C=O) groups excluding carboxylic acids is 2. The number of nitrogens with one attached hydrogen (secondary N) is 1. The van der Waals surface area contributed by atoms with Crippen LogP contribution >= 0.6 is 12.2 Å². The summed E-state index contributed by atoms with van der Waals surface area (Å²) in [7, 11) is 0. The number of nitrogens with zero attached hydrogens (tertiary/aromatic N) is 1. The molecule has 0 aliphatic rings. The maximum atomic E-state index is 10.1. The van der Waals surface area contributed by atoms with E-state index in [0.717, 1.165) is 5.01 Å². The van der Waals surface area contributed by atoms with Gasteiger partial charge in [-0.1, -0.05) is 0 Å². The maximum absolute atomic E-state index is 10.1. The van der Waals surface area contributed by atoms with Crippen molar-refractivity contribution >= 4 is 29.3 Å². The Hall–Kier alpha value is -1.41. The average Bonchev–Trinajstić information content (AvgIpc) is 1.80. The lowest BCUT2D eigenvalue weighted by Crippen LogP contribution is -2.53. The van der Waals surface area contributed by atoms with Gasteiger partial charge in [0.05, 0.1) is 25.0 Å². The lowest BCUT2D eigenvalue weighted by Gasteiger charge is -2.23. The third-order valence-electron chi connectivity index (χ3n) is 0.908. The third kappa shape index (κ3) is 6.97. The van der Waals surface area contributed by atoms with Crippen molar-refractivity contribution in [1.82, 2.24) is 10.4 Å². The summed E-state index contributed by atoms with van der Waals surface area (Å²) in [6.07, 6.45) is 0. The van der Waals surface area contributed by atoms with Gasteiger partial charge < -0.3 is 25.5 Å². The van der Waals surface area contributed by atoms with Crippen LogP contribution in [0, 0.1) is 0 Å². The van der Waals surface area contributed by atoms with E-state index in [1.165, 1.54) is 0 Å². The smallest absolute Gasteiger partial charge is 0.178 e. The van der Waals surface area contributed by atoms with Gasteiger partial charge in [0.1, 0.15) is 0 Å². The van der Waals surface area contributed by atoms with Crippen LogP contribution in [0.1, 0.15) is 0 Å². The zero-order valence-electron chi connectivity index (χ0n) is 6.48. The van der Waals surface area contributed by atoms with Crippen LogP contribution in [-0.2, 0) is 9.59 Å². The van der Waals surface area contributed by atoms with Crippen LogP contribution in [0.5, 0.6) is 0 Å². The van der Waals surface area contributed by atoms with E-state index in [2.05, 4.69) is 17.6 Å². The van der Waals surface area contributed by atoms with Crippen LogP contribution in [0.2, 0.25) is 0 Å². The van der Waals surface area contributed by atoms with Crippen molar-refractivity contribution in [1.29, 1.82) is 0 Å². The van der Waals surface area contributed by atoms with Crippen molar-refractivity contribution in [2.45, 2.75) is 0 Å². The number of thiocarbonyl (C=S) groups is 1. The van der Waals surface area contributed by atoms with E-state index in [4.69, 9.17) is 5.73 Å². The minimum absolute atomic E-state index is 0.234. The first-order valence-corrected chi connectivity index (χ1v) is 3.53. The Balaban J connectivity index is 4.10. The summed E-state index contributed by atoms with van der Waals surface area (Å²) in [6, 6.07) is 0. The third-order valence-corrected chi connectivity index (χ3v) is 1.000. The molecule has 0 unspecified atom stereocenters. The number of carboxylic acids is 2. The van der Waals surface area contributed by atoms with E-state index in [9.17, 15) is 19.8 Å². The zero-order chi connectivity index (χ0) is 10.4. The molecule has 13 heavy (non-hydrogen) atoms. The fourth-order valence-corrected chi connectivity index (χ4v) is 0.732.